The van der Waals surface area contributed by atoms with E-state index < -0.39 is 11.8 Å². The largest absolute Gasteiger partial charge is 0.309 e. The van der Waals surface area contributed by atoms with Crippen molar-refractivity contribution in [1.82, 2.24) is 4.57 Å². The molecule has 3 aliphatic carbocycles. The number of aromatic nitrogens is 1. The molecule has 0 N–H and O–H groups in total. The van der Waals surface area contributed by atoms with Crippen LogP contribution in [-0.4, -0.2) is 16.1 Å². The molecule has 1 aromatic heterocycles. The highest BCUT2D eigenvalue weighted by molar-refractivity contribution is 6.44. The molecule has 1 heterocycles. The van der Waals surface area contributed by atoms with Crippen LogP contribution in [0.5, 0.6) is 0 Å². The minimum atomic E-state index is -0.500. The Hall–Kier alpha value is -5.80. The molecule has 0 amide bonds. The Labute approximate surface area is 258 Å². The molecular weight excluding hydrogens is 550 g/mol. The van der Waals surface area contributed by atoms with Crippen molar-refractivity contribution in [2.45, 2.75) is 0 Å². The molecule has 0 spiro atoms. The second kappa shape index (κ2) is 8.87. The van der Waals surface area contributed by atoms with Crippen molar-refractivity contribution in [3.63, 3.8) is 0 Å². The van der Waals surface area contributed by atoms with Gasteiger partial charge in [0.15, 0.2) is 0 Å². The molecule has 3 nitrogen and oxygen atoms in total. The van der Waals surface area contributed by atoms with E-state index >= 15 is 0 Å². The van der Waals surface area contributed by atoms with Gasteiger partial charge in [0, 0.05) is 16.5 Å². The highest BCUT2D eigenvalue weighted by Gasteiger charge is 2.39. The van der Waals surface area contributed by atoms with Gasteiger partial charge < -0.3 is 4.57 Å². The number of hydrogen-bond donors (Lipinski definition) is 0. The fraction of sp³-hybridized carbons (Fsp3) is 0.0476. The van der Waals surface area contributed by atoms with Crippen molar-refractivity contribution in [3.05, 3.63) is 145 Å². The van der Waals surface area contributed by atoms with Crippen molar-refractivity contribution in [2.24, 2.45) is 11.8 Å². The maximum Gasteiger partial charge on any atom is 0.210 e. The Morgan fingerprint density at radius 3 is 1.82 bits per heavy atom. The maximum absolute atomic E-state index is 12.9. The summed E-state index contributed by atoms with van der Waals surface area (Å²) in [4.78, 5) is 25.3. The predicted molar refractivity (Wildman–Crippen MR) is 184 cm³/mol. The van der Waals surface area contributed by atoms with Crippen molar-refractivity contribution in [1.29, 1.82) is 0 Å². The minimum Gasteiger partial charge on any atom is -0.309 e. The molecule has 2 atom stereocenters. The molecule has 7 aromatic carbocycles. The smallest absolute Gasteiger partial charge is 0.210 e. The van der Waals surface area contributed by atoms with Gasteiger partial charge in [-0.3, -0.25) is 9.59 Å². The monoisotopic (exact) mass is 575 g/mol. The summed E-state index contributed by atoms with van der Waals surface area (Å²) in [6.45, 7) is 0. The van der Waals surface area contributed by atoms with Crippen molar-refractivity contribution in [3.8, 4) is 16.8 Å². The molecule has 3 heteroatoms. The minimum absolute atomic E-state index is 0.295. The summed E-state index contributed by atoms with van der Waals surface area (Å²) in [6.07, 6.45) is 5.77. The summed E-state index contributed by atoms with van der Waals surface area (Å²) in [5.74, 6) is -1.54. The van der Waals surface area contributed by atoms with E-state index in [0.29, 0.717) is 0 Å². The lowest BCUT2D eigenvalue weighted by atomic mass is 9.72. The van der Waals surface area contributed by atoms with Crippen LogP contribution in [0.3, 0.4) is 0 Å². The summed E-state index contributed by atoms with van der Waals surface area (Å²) in [7, 11) is 0. The van der Waals surface area contributed by atoms with Gasteiger partial charge in [-0.15, -0.1) is 0 Å². The zero-order valence-corrected chi connectivity index (χ0v) is 24.2. The van der Waals surface area contributed by atoms with Gasteiger partial charge in [0.05, 0.1) is 22.9 Å². The van der Waals surface area contributed by atoms with Gasteiger partial charge in [0.25, 0.3) is 0 Å². The van der Waals surface area contributed by atoms with E-state index in [1.807, 2.05) is 18.2 Å². The van der Waals surface area contributed by atoms with Gasteiger partial charge in [-0.05, 0) is 78.8 Å². The van der Waals surface area contributed by atoms with Crippen LogP contribution in [0.1, 0.15) is 5.56 Å². The zero-order chi connectivity index (χ0) is 29.8. The number of para-hydroxylation sites is 2. The number of hydrogen-bond acceptors (Lipinski definition) is 2. The van der Waals surface area contributed by atoms with E-state index in [1.165, 1.54) is 54.3 Å². The average Bonchev–Trinajstić information content (AvgIpc) is 3.43. The predicted octanol–water partition coefficient (Wildman–Crippen LogP) is 9.69. The number of rotatable bonds is 3. The van der Waals surface area contributed by atoms with E-state index in [1.54, 1.807) is 0 Å². The summed E-state index contributed by atoms with van der Waals surface area (Å²) < 4.78 is 2.36. The number of benzene rings is 7. The Morgan fingerprint density at radius 2 is 1.13 bits per heavy atom. The summed E-state index contributed by atoms with van der Waals surface area (Å²) in [5, 5.41) is 9.61. The number of nitrogens with zero attached hydrogens (tertiary/aromatic N) is 1. The second-order valence-corrected chi connectivity index (χ2v) is 12.3. The number of carbonyl (C=O) groups is 2. The van der Waals surface area contributed by atoms with Crippen LogP contribution >= 0.6 is 0 Å². The van der Waals surface area contributed by atoms with E-state index in [0.717, 1.165) is 27.8 Å². The molecule has 0 aliphatic heterocycles. The van der Waals surface area contributed by atoms with Crippen LogP contribution in [0.4, 0.5) is 0 Å². The first-order valence-corrected chi connectivity index (χ1v) is 15.4. The van der Waals surface area contributed by atoms with Gasteiger partial charge in [0.1, 0.15) is 0 Å². The fourth-order valence-corrected chi connectivity index (χ4v) is 7.97. The molecule has 11 rings (SSSR count). The van der Waals surface area contributed by atoms with Gasteiger partial charge >= 0.3 is 0 Å². The first-order chi connectivity index (χ1) is 22.2. The third-order valence-electron chi connectivity index (χ3n) is 10.0. The lowest BCUT2D eigenvalue weighted by molar-refractivity contribution is -0.139. The van der Waals surface area contributed by atoms with Crippen LogP contribution < -0.4 is 0 Å². The summed E-state index contributed by atoms with van der Waals surface area (Å²) in [5.41, 5.74) is 7.85. The number of fused-ring (bicyclic) bond motifs is 4. The Balaban J connectivity index is 1.19. The third-order valence-corrected chi connectivity index (χ3v) is 10.0. The zero-order valence-electron chi connectivity index (χ0n) is 24.2. The topological polar surface area (TPSA) is 39.1 Å². The van der Waals surface area contributed by atoms with Crippen LogP contribution in [0.15, 0.2) is 140 Å². The Kier molecular flexibility index (Phi) is 4.85. The van der Waals surface area contributed by atoms with Crippen molar-refractivity contribution >= 4 is 71.3 Å². The average molecular weight is 576 g/mol. The number of Topliss-reactive ketones (excluding diaryl/α,β-unsaturated/α-hetero) is 2. The molecule has 210 valence electrons. The Morgan fingerprint density at radius 1 is 0.511 bits per heavy atom. The van der Waals surface area contributed by atoms with Crippen molar-refractivity contribution < 1.29 is 9.59 Å². The van der Waals surface area contributed by atoms with Gasteiger partial charge in [-0.2, -0.15) is 0 Å². The van der Waals surface area contributed by atoms with E-state index in [9.17, 15) is 9.59 Å². The SMILES string of the molecule is O=C1C(=O)C2C=CC1C=C2c1ccc2ccc3c(-c4cccc(-n5c6ccccc6c6ccccc65)c4)ccc4ccc1c2c43. The lowest BCUT2D eigenvalue weighted by Crippen LogP contribution is -2.36. The molecule has 0 saturated heterocycles. The lowest BCUT2D eigenvalue weighted by Gasteiger charge is -2.29. The van der Waals surface area contributed by atoms with Gasteiger partial charge in [0.2, 0.25) is 11.6 Å². The molecule has 3 aliphatic rings. The standard InChI is InChI=1S/C42H25NO2/c44-41-27-16-21-35(42(41)45)36(23-27)30-18-13-25-14-19-33-29(17-12-24-15-20-34(30)40(25)39(24)33)26-6-5-7-28(22-26)43-37-10-3-1-8-31(37)32-9-2-4-11-38(32)43/h1-23,27,35H. The molecular formula is C42H25NO2. The normalized spacial score (nSPS) is 17.9. The van der Waals surface area contributed by atoms with E-state index in [-0.39, 0.29) is 11.6 Å². The summed E-state index contributed by atoms with van der Waals surface area (Å²) >= 11 is 0. The molecule has 2 unspecified atom stereocenters. The summed E-state index contributed by atoms with van der Waals surface area (Å²) in [6, 6.07) is 43.6. The highest BCUT2D eigenvalue weighted by atomic mass is 16.2. The van der Waals surface area contributed by atoms with Crippen LogP contribution in [0.25, 0.3) is 76.5 Å². The number of carbonyl (C=O) groups excluding carboxylic acids is 2. The first-order valence-electron chi connectivity index (χ1n) is 15.4. The van der Waals surface area contributed by atoms with Gasteiger partial charge in [-0.25, -0.2) is 0 Å². The van der Waals surface area contributed by atoms with Crippen LogP contribution in [0, 0.1) is 11.8 Å². The molecule has 0 saturated carbocycles. The van der Waals surface area contributed by atoms with E-state index in [4.69, 9.17) is 0 Å². The number of allylic oxidation sites excluding steroid dienone is 4. The van der Waals surface area contributed by atoms with Crippen molar-refractivity contribution in [2.75, 3.05) is 0 Å². The number of ketones is 2. The highest BCUT2D eigenvalue weighted by Crippen LogP contribution is 2.45. The molecule has 0 radical (unpaired) electrons. The molecule has 0 fully saturated rings. The second-order valence-electron chi connectivity index (χ2n) is 12.3. The quantitative estimate of drug-likeness (QED) is 0.120. The molecule has 2 bridgehead atoms. The van der Waals surface area contributed by atoms with E-state index in [2.05, 4.69) is 126 Å². The molecule has 45 heavy (non-hydrogen) atoms. The van der Waals surface area contributed by atoms with Crippen LogP contribution in [-0.2, 0) is 9.59 Å². The third kappa shape index (κ3) is 3.30. The Bertz CT molecular complexity index is 2600. The van der Waals surface area contributed by atoms with Gasteiger partial charge in [-0.1, -0.05) is 115 Å². The fourth-order valence-electron chi connectivity index (χ4n) is 7.97. The first kappa shape index (κ1) is 24.6. The molecule has 8 aromatic rings. The van der Waals surface area contributed by atoms with Crippen LogP contribution in [0.2, 0.25) is 0 Å². The maximum atomic E-state index is 12.9.